The monoisotopic (exact) mass is 331 g/mol. The van der Waals surface area contributed by atoms with E-state index in [2.05, 4.69) is 15.3 Å². The number of benzene rings is 1. The normalized spacial score (nSPS) is 20.7. The Balaban J connectivity index is 1.47. The van der Waals surface area contributed by atoms with Gasteiger partial charge in [0.05, 0.1) is 0 Å². The first kappa shape index (κ1) is 15.7. The van der Waals surface area contributed by atoms with Gasteiger partial charge in [0, 0.05) is 29.0 Å². The third kappa shape index (κ3) is 4.42. The van der Waals surface area contributed by atoms with Crippen LogP contribution in [0.25, 0.3) is 0 Å². The molecule has 0 radical (unpaired) electrons. The maximum Gasteiger partial charge on any atom is 0.316 e. The number of halogens is 1. The van der Waals surface area contributed by atoms with Crippen LogP contribution in [0.1, 0.15) is 36.0 Å². The Morgan fingerprint density at radius 1 is 1.09 bits per heavy atom. The summed E-state index contributed by atoms with van der Waals surface area (Å²) >= 11 is 5.83. The molecular weight excluding hydrogens is 314 g/mol. The zero-order valence-electron chi connectivity index (χ0n) is 12.6. The Morgan fingerprint density at radius 3 is 2.39 bits per heavy atom. The van der Waals surface area contributed by atoms with Gasteiger partial charge in [-0.2, -0.15) is 0 Å². The summed E-state index contributed by atoms with van der Waals surface area (Å²) < 4.78 is 5.76. The van der Waals surface area contributed by atoms with Gasteiger partial charge in [-0.3, -0.25) is 4.79 Å². The SMILES string of the molecule is O=C(NC1CCC(Oc2ncccn2)CC1)c1ccc(Cl)cc1. The Kier molecular flexibility index (Phi) is 5.08. The number of carbonyl (C=O) groups excluding carboxylic acids is 1. The summed E-state index contributed by atoms with van der Waals surface area (Å²) in [5.41, 5.74) is 0.630. The van der Waals surface area contributed by atoms with Crippen LogP contribution >= 0.6 is 11.6 Å². The van der Waals surface area contributed by atoms with Crippen LogP contribution in [-0.4, -0.2) is 28.0 Å². The van der Waals surface area contributed by atoms with Gasteiger partial charge < -0.3 is 10.1 Å². The summed E-state index contributed by atoms with van der Waals surface area (Å²) in [5, 5.41) is 3.70. The van der Waals surface area contributed by atoms with Gasteiger partial charge >= 0.3 is 6.01 Å². The Morgan fingerprint density at radius 2 is 1.74 bits per heavy atom. The number of nitrogens with one attached hydrogen (secondary N) is 1. The summed E-state index contributed by atoms with van der Waals surface area (Å²) in [4.78, 5) is 20.3. The second-order valence-corrected chi connectivity index (χ2v) is 6.04. The van der Waals surface area contributed by atoms with Crippen molar-refractivity contribution in [1.29, 1.82) is 0 Å². The van der Waals surface area contributed by atoms with E-state index in [1.165, 1.54) is 0 Å². The molecule has 0 aliphatic heterocycles. The second kappa shape index (κ2) is 7.42. The molecule has 0 saturated heterocycles. The van der Waals surface area contributed by atoms with Gasteiger partial charge in [-0.15, -0.1) is 0 Å². The fourth-order valence-corrected chi connectivity index (χ4v) is 2.82. The number of hydrogen-bond acceptors (Lipinski definition) is 4. The van der Waals surface area contributed by atoms with Crippen molar-refractivity contribution in [3.63, 3.8) is 0 Å². The van der Waals surface area contributed by atoms with E-state index in [0.717, 1.165) is 25.7 Å². The summed E-state index contributed by atoms with van der Waals surface area (Å²) in [6.45, 7) is 0. The summed E-state index contributed by atoms with van der Waals surface area (Å²) in [5.74, 6) is -0.0579. The maximum absolute atomic E-state index is 12.2. The molecular formula is C17H18ClN3O2. The van der Waals surface area contributed by atoms with Crippen molar-refractivity contribution in [3.8, 4) is 6.01 Å². The summed E-state index contributed by atoms with van der Waals surface area (Å²) in [7, 11) is 0. The maximum atomic E-state index is 12.2. The van der Waals surface area contributed by atoms with Gasteiger partial charge in [0.2, 0.25) is 0 Å². The first-order valence-corrected chi connectivity index (χ1v) is 8.08. The highest BCUT2D eigenvalue weighted by Crippen LogP contribution is 2.22. The molecule has 1 aromatic carbocycles. The zero-order valence-corrected chi connectivity index (χ0v) is 13.4. The van der Waals surface area contributed by atoms with Gasteiger partial charge in [-0.05, 0) is 56.0 Å². The van der Waals surface area contributed by atoms with Crippen LogP contribution in [0.5, 0.6) is 6.01 Å². The van der Waals surface area contributed by atoms with E-state index in [9.17, 15) is 4.79 Å². The molecule has 0 bridgehead atoms. The first-order chi connectivity index (χ1) is 11.2. The highest BCUT2D eigenvalue weighted by Gasteiger charge is 2.24. The fourth-order valence-electron chi connectivity index (χ4n) is 2.69. The van der Waals surface area contributed by atoms with E-state index >= 15 is 0 Å². The van der Waals surface area contributed by atoms with Crippen molar-refractivity contribution in [3.05, 3.63) is 53.3 Å². The van der Waals surface area contributed by atoms with Crippen LogP contribution in [0.15, 0.2) is 42.7 Å². The molecule has 1 saturated carbocycles. The molecule has 1 fully saturated rings. The van der Waals surface area contributed by atoms with Crippen molar-refractivity contribution in [2.45, 2.75) is 37.8 Å². The number of ether oxygens (including phenoxy) is 1. The number of amides is 1. The van der Waals surface area contributed by atoms with Crippen LogP contribution < -0.4 is 10.1 Å². The number of rotatable bonds is 4. The van der Waals surface area contributed by atoms with E-state index in [1.54, 1.807) is 42.7 Å². The van der Waals surface area contributed by atoms with Crippen LogP contribution in [0, 0.1) is 0 Å². The van der Waals surface area contributed by atoms with Gasteiger partial charge in [0.1, 0.15) is 6.10 Å². The Labute approximate surface area is 140 Å². The van der Waals surface area contributed by atoms with Gasteiger partial charge in [-0.25, -0.2) is 9.97 Å². The number of nitrogens with zero attached hydrogens (tertiary/aromatic N) is 2. The molecule has 5 nitrogen and oxygen atoms in total. The predicted octanol–water partition coefficient (Wildman–Crippen LogP) is 3.25. The summed E-state index contributed by atoms with van der Waals surface area (Å²) in [6, 6.07) is 9.27. The minimum atomic E-state index is -0.0579. The highest BCUT2D eigenvalue weighted by molar-refractivity contribution is 6.30. The highest BCUT2D eigenvalue weighted by atomic mass is 35.5. The molecule has 1 aromatic heterocycles. The number of aromatic nitrogens is 2. The lowest BCUT2D eigenvalue weighted by Crippen LogP contribution is -2.39. The number of carbonyl (C=O) groups is 1. The van der Waals surface area contributed by atoms with Crippen molar-refractivity contribution < 1.29 is 9.53 Å². The quantitative estimate of drug-likeness (QED) is 0.934. The molecule has 6 heteroatoms. The molecule has 0 atom stereocenters. The second-order valence-electron chi connectivity index (χ2n) is 5.60. The standard InChI is InChI=1S/C17H18ClN3O2/c18-13-4-2-12(3-5-13)16(22)21-14-6-8-15(9-7-14)23-17-19-10-1-11-20-17/h1-5,10-11,14-15H,6-9H2,(H,21,22). The van der Waals surface area contributed by atoms with Crippen LogP contribution in [0.3, 0.4) is 0 Å². The van der Waals surface area contributed by atoms with Crippen molar-refractivity contribution in [1.82, 2.24) is 15.3 Å². The van der Waals surface area contributed by atoms with E-state index in [1.807, 2.05) is 0 Å². The van der Waals surface area contributed by atoms with Gasteiger partial charge in [0.25, 0.3) is 5.91 Å². The van der Waals surface area contributed by atoms with Gasteiger partial charge in [-0.1, -0.05) is 11.6 Å². The molecule has 3 rings (SSSR count). The fraction of sp³-hybridized carbons (Fsp3) is 0.353. The molecule has 1 aliphatic carbocycles. The van der Waals surface area contributed by atoms with Crippen LogP contribution in [-0.2, 0) is 0 Å². The smallest absolute Gasteiger partial charge is 0.316 e. The first-order valence-electron chi connectivity index (χ1n) is 7.71. The lowest BCUT2D eigenvalue weighted by molar-refractivity contribution is 0.0885. The predicted molar refractivity (Wildman–Crippen MR) is 87.6 cm³/mol. The molecule has 23 heavy (non-hydrogen) atoms. The third-order valence-corrected chi connectivity index (χ3v) is 4.18. The minimum absolute atomic E-state index is 0.0579. The molecule has 1 amide bonds. The van der Waals surface area contributed by atoms with Crippen LogP contribution in [0.4, 0.5) is 0 Å². The summed E-state index contributed by atoms with van der Waals surface area (Å²) in [6.07, 6.45) is 6.98. The molecule has 1 aliphatic rings. The molecule has 120 valence electrons. The lowest BCUT2D eigenvalue weighted by Gasteiger charge is -2.28. The average Bonchev–Trinajstić information content (AvgIpc) is 2.58. The molecule has 1 heterocycles. The largest absolute Gasteiger partial charge is 0.460 e. The van der Waals surface area contributed by atoms with Crippen LogP contribution in [0.2, 0.25) is 5.02 Å². The molecule has 2 aromatic rings. The minimum Gasteiger partial charge on any atom is -0.460 e. The lowest BCUT2D eigenvalue weighted by atomic mass is 9.92. The van der Waals surface area contributed by atoms with Crippen molar-refractivity contribution >= 4 is 17.5 Å². The van der Waals surface area contributed by atoms with E-state index in [-0.39, 0.29) is 18.1 Å². The topological polar surface area (TPSA) is 64.1 Å². The molecule has 0 spiro atoms. The van der Waals surface area contributed by atoms with Crippen molar-refractivity contribution in [2.24, 2.45) is 0 Å². The van der Waals surface area contributed by atoms with E-state index in [0.29, 0.717) is 16.6 Å². The van der Waals surface area contributed by atoms with E-state index < -0.39 is 0 Å². The Bertz CT molecular complexity index is 641. The van der Waals surface area contributed by atoms with E-state index in [4.69, 9.17) is 16.3 Å². The van der Waals surface area contributed by atoms with Crippen molar-refractivity contribution in [2.75, 3.05) is 0 Å². The molecule has 0 unspecified atom stereocenters. The Hall–Kier alpha value is -2.14. The zero-order chi connectivity index (χ0) is 16.1. The van der Waals surface area contributed by atoms with Gasteiger partial charge in [0.15, 0.2) is 0 Å². The number of hydrogen-bond donors (Lipinski definition) is 1. The molecule has 1 N–H and O–H groups in total. The third-order valence-electron chi connectivity index (χ3n) is 3.93. The average molecular weight is 332 g/mol.